The summed E-state index contributed by atoms with van der Waals surface area (Å²) in [5.74, 6) is 0.936. The van der Waals surface area contributed by atoms with Crippen LogP contribution in [0.25, 0.3) is 0 Å². The Morgan fingerprint density at radius 2 is 2.15 bits per heavy atom. The molecule has 0 spiro atoms. The van der Waals surface area contributed by atoms with Crippen molar-refractivity contribution < 1.29 is 4.79 Å². The van der Waals surface area contributed by atoms with Crippen LogP contribution in [0.15, 0.2) is 0 Å². The van der Waals surface area contributed by atoms with Crippen LogP contribution in [0, 0.1) is 11.8 Å². The molecule has 0 saturated heterocycles. The van der Waals surface area contributed by atoms with Crippen molar-refractivity contribution in [2.75, 3.05) is 6.54 Å². The molecule has 1 aliphatic carbocycles. The van der Waals surface area contributed by atoms with Gasteiger partial charge in [-0.3, -0.25) is 4.79 Å². The molecule has 1 atom stereocenters. The third-order valence-corrected chi connectivity index (χ3v) is 2.40. The fourth-order valence-electron chi connectivity index (χ4n) is 1.47. The monoisotopic (exact) mass is 184 g/mol. The summed E-state index contributed by atoms with van der Waals surface area (Å²) >= 11 is 0. The molecule has 3 N–H and O–H groups in total. The molecule has 3 heteroatoms. The fraction of sp³-hybridized carbons (Fsp3) is 0.900. The zero-order valence-corrected chi connectivity index (χ0v) is 8.55. The Bertz CT molecular complexity index is 176. The van der Waals surface area contributed by atoms with Crippen molar-refractivity contribution >= 4 is 5.91 Å². The molecule has 0 aromatic rings. The summed E-state index contributed by atoms with van der Waals surface area (Å²) in [7, 11) is 0. The zero-order valence-electron chi connectivity index (χ0n) is 8.55. The van der Waals surface area contributed by atoms with Gasteiger partial charge in [0.1, 0.15) is 0 Å². The quantitative estimate of drug-likeness (QED) is 0.666. The van der Waals surface area contributed by atoms with E-state index in [4.69, 9.17) is 5.73 Å². The minimum Gasteiger partial charge on any atom is -0.354 e. The van der Waals surface area contributed by atoms with Crippen LogP contribution < -0.4 is 11.1 Å². The lowest BCUT2D eigenvalue weighted by molar-refractivity contribution is -0.125. The third kappa shape index (κ3) is 3.77. The first kappa shape index (κ1) is 10.5. The van der Waals surface area contributed by atoms with Crippen LogP contribution in [0.2, 0.25) is 0 Å². The van der Waals surface area contributed by atoms with Gasteiger partial charge in [-0.15, -0.1) is 0 Å². The summed E-state index contributed by atoms with van der Waals surface area (Å²) in [6.07, 6.45) is 3.55. The predicted molar refractivity (Wildman–Crippen MR) is 53.2 cm³/mol. The Labute approximate surface area is 80.1 Å². The molecule has 0 aromatic carbocycles. The molecular formula is C10H20N2O. The first-order chi connectivity index (χ1) is 6.13. The number of carbonyl (C=O) groups is 1. The second-order valence-electron chi connectivity index (χ2n) is 4.27. The lowest BCUT2D eigenvalue weighted by atomic mass is 10.0. The summed E-state index contributed by atoms with van der Waals surface area (Å²) in [6, 6.07) is 0.223. The molecule has 1 saturated carbocycles. The maximum absolute atomic E-state index is 11.6. The number of nitrogens with one attached hydrogen (secondary N) is 1. The smallest absolute Gasteiger partial charge is 0.224 e. The predicted octanol–water partition coefficient (Wildman–Crippen LogP) is 0.886. The van der Waals surface area contributed by atoms with Gasteiger partial charge in [0.15, 0.2) is 0 Å². The molecule has 76 valence electrons. The highest BCUT2D eigenvalue weighted by Crippen LogP contribution is 2.35. The van der Waals surface area contributed by atoms with Gasteiger partial charge in [-0.05, 0) is 26.2 Å². The molecule has 1 rings (SSSR count). The molecule has 0 aromatic heterocycles. The van der Waals surface area contributed by atoms with Crippen molar-refractivity contribution in [3.63, 3.8) is 0 Å². The number of hydrogen-bond acceptors (Lipinski definition) is 2. The van der Waals surface area contributed by atoms with E-state index in [1.807, 2.05) is 13.8 Å². The van der Waals surface area contributed by atoms with Crippen molar-refractivity contribution in [1.82, 2.24) is 5.32 Å². The summed E-state index contributed by atoms with van der Waals surface area (Å²) < 4.78 is 0. The summed E-state index contributed by atoms with van der Waals surface area (Å²) in [6.45, 7) is 4.43. The number of hydrogen-bond donors (Lipinski definition) is 2. The molecule has 1 amide bonds. The average molecular weight is 184 g/mol. The van der Waals surface area contributed by atoms with Gasteiger partial charge in [-0.1, -0.05) is 12.8 Å². The van der Waals surface area contributed by atoms with Crippen molar-refractivity contribution in [1.29, 1.82) is 0 Å². The number of carbonyl (C=O) groups excluding carboxylic acids is 1. The molecule has 1 unspecified atom stereocenters. The summed E-state index contributed by atoms with van der Waals surface area (Å²) in [4.78, 5) is 11.6. The number of rotatable bonds is 5. The van der Waals surface area contributed by atoms with E-state index in [-0.39, 0.29) is 17.9 Å². The van der Waals surface area contributed by atoms with Crippen LogP contribution in [0.3, 0.4) is 0 Å². The fourth-order valence-corrected chi connectivity index (χ4v) is 1.47. The molecule has 0 heterocycles. The number of nitrogens with two attached hydrogens (primary N) is 1. The van der Waals surface area contributed by atoms with Gasteiger partial charge in [0.05, 0.1) is 5.92 Å². The van der Waals surface area contributed by atoms with Gasteiger partial charge in [-0.25, -0.2) is 0 Å². The Balaban J connectivity index is 2.30. The Hall–Kier alpha value is -0.570. The normalized spacial score (nSPS) is 18.8. The molecule has 1 aliphatic rings. The minimum atomic E-state index is 0.0369. The van der Waals surface area contributed by atoms with Gasteiger partial charge in [0.25, 0.3) is 0 Å². The average Bonchev–Trinajstić information content (AvgIpc) is 2.81. The maximum atomic E-state index is 11.6. The minimum absolute atomic E-state index is 0.0369. The van der Waals surface area contributed by atoms with Crippen LogP contribution in [-0.2, 0) is 4.79 Å². The van der Waals surface area contributed by atoms with Crippen LogP contribution in [0.4, 0.5) is 0 Å². The van der Waals surface area contributed by atoms with E-state index in [2.05, 4.69) is 5.32 Å². The van der Waals surface area contributed by atoms with E-state index in [1.54, 1.807) is 0 Å². The van der Waals surface area contributed by atoms with Crippen LogP contribution >= 0.6 is 0 Å². The summed E-state index contributed by atoms with van der Waals surface area (Å²) in [5, 5.41) is 2.91. The SMILES string of the molecule is CC(C)NC(=O)C(CN)CC1CC1. The molecule has 3 nitrogen and oxygen atoms in total. The van der Waals surface area contributed by atoms with E-state index >= 15 is 0 Å². The molecule has 0 aliphatic heterocycles. The van der Waals surface area contributed by atoms with E-state index in [9.17, 15) is 4.79 Å². The third-order valence-electron chi connectivity index (χ3n) is 2.40. The van der Waals surface area contributed by atoms with Gasteiger partial charge in [0.2, 0.25) is 5.91 Å². The van der Waals surface area contributed by atoms with Crippen molar-refractivity contribution in [2.24, 2.45) is 17.6 Å². The molecule has 0 radical (unpaired) electrons. The highest BCUT2D eigenvalue weighted by atomic mass is 16.1. The largest absolute Gasteiger partial charge is 0.354 e. The standard InChI is InChI=1S/C10H20N2O/c1-7(2)12-10(13)9(6-11)5-8-3-4-8/h7-9H,3-6,11H2,1-2H3,(H,12,13). The van der Waals surface area contributed by atoms with Gasteiger partial charge < -0.3 is 11.1 Å². The van der Waals surface area contributed by atoms with Gasteiger partial charge in [0, 0.05) is 12.6 Å². The first-order valence-corrected chi connectivity index (χ1v) is 5.14. The highest BCUT2D eigenvalue weighted by molar-refractivity contribution is 5.79. The molecule has 13 heavy (non-hydrogen) atoms. The second-order valence-corrected chi connectivity index (χ2v) is 4.27. The summed E-state index contributed by atoms with van der Waals surface area (Å²) in [5.41, 5.74) is 5.56. The lowest BCUT2D eigenvalue weighted by Gasteiger charge is -2.16. The van der Waals surface area contributed by atoms with Crippen LogP contribution in [-0.4, -0.2) is 18.5 Å². The highest BCUT2D eigenvalue weighted by Gasteiger charge is 2.28. The van der Waals surface area contributed by atoms with Gasteiger partial charge >= 0.3 is 0 Å². The van der Waals surface area contributed by atoms with Crippen molar-refractivity contribution in [3.8, 4) is 0 Å². The van der Waals surface area contributed by atoms with E-state index in [0.29, 0.717) is 6.54 Å². The van der Waals surface area contributed by atoms with Crippen molar-refractivity contribution in [2.45, 2.75) is 39.2 Å². The molecule has 1 fully saturated rings. The Morgan fingerprint density at radius 3 is 2.54 bits per heavy atom. The Kier molecular flexibility index (Phi) is 3.72. The van der Waals surface area contributed by atoms with Crippen LogP contribution in [0.1, 0.15) is 33.1 Å². The molecule has 0 bridgehead atoms. The van der Waals surface area contributed by atoms with Gasteiger partial charge in [-0.2, -0.15) is 0 Å². The zero-order chi connectivity index (χ0) is 9.84. The second kappa shape index (κ2) is 4.61. The first-order valence-electron chi connectivity index (χ1n) is 5.14. The molecular weight excluding hydrogens is 164 g/mol. The van der Waals surface area contributed by atoms with Crippen molar-refractivity contribution in [3.05, 3.63) is 0 Å². The lowest BCUT2D eigenvalue weighted by Crippen LogP contribution is -2.38. The van der Waals surface area contributed by atoms with E-state index in [0.717, 1.165) is 12.3 Å². The van der Waals surface area contributed by atoms with Crippen LogP contribution in [0.5, 0.6) is 0 Å². The van der Waals surface area contributed by atoms with E-state index < -0.39 is 0 Å². The number of amides is 1. The maximum Gasteiger partial charge on any atom is 0.224 e. The Morgan fingerprint density at radius 1 is 1.54 bits per heavy atom. The topological polar surface area (TPSA) is 55.1 Å². The van der Waals surface area contributed by atoms with E-state index in [1.165, 1.54) is 12.8 Å².